The monoisotopic (exact) mass is 485 g/mol. The van der Waals surface area contributed by atoms with E-state index in [1.165, 1.54) is 4.90 Å². The highest BCUT2D eigenvalue weighted by atomic mass is 32.2. The second-order valence-corrected chi connectivity index (χ2v) is 12.4. The molecule has 2 aromatic rings. The first kappa shape index (κ1) is 26.1. The highest BCUT2D eigenvalue weighted by Crippen LogP contribution is 2.38. The largest absolute Gasteiger partial charge is 0.480 e. The molecule has 184 valence electrons. The molecule has 0 aliphatic carbocycles. The average molecular weight is 486 g/mol. The molecule has 34 heavy (non-hydrogen) atoms. The van der Waals surface area contributed by atoms with E-state index >= 15 is 0 Å². The Balaban J connectivity index is 1.78. The predicted molar refractivity (Wildman–Crippen MR) is 135 cm³/mol. The van der Waals surface area contributed by atoms with Crippen LogP contribution in [0.15, 0.2) is 47.4 Å². The minimum Gasteiger partial charge on any atom is -0.480 e. The summed E-state index contributed by atoms with van der Waals surface area (Å²) in [5.41, 5.74) is -1.18. The molecule has 2 aromatic carbocycles. The van der Waals surface area contributed by atoms with Crippen LogP contribution in [0, 0.1) is 11.3 Å². The van der Waals surface area contributed by atoms with Crippen LogP contribution in [0.3, 0.4) is 0 Å². The summed E-state index contributed by atoms with van der Waals surface area (Å²) in [6.45, 7) is 11.4. The van der Waals surface area contributed by atoms with Gasteiger partial charge >= 0.3 is 11.9 Å². The van der Waals surface area contributed by atoms with Gasteiger partial charge in [0, 0.05) is 16.7 Å². The first-order valence-electron chi connectivity index (χ1n) is 11.7. The van der Waals surface area contributed by atoms with E-state index in [1.807, 2.05) is 39.0 Å². The Hall–Kier alpha value is -2.54. The lowest BCUT2D eigenvalue weighted by Gasteiger charge is -2.34. The van der Waals surface area contributed by atoms with Gasteiger partial charge in [-0.1, -0.05) is 51.1 Å². The maximum absolute atomic E-state index is 13.6. The van der Waals surface area contributed by atoms with Crippen molar-refractivity contribution >= 4 is 40.4 Å². The highest BCUT2D eigenvalue weighted by Gasteiger charge is 2.45. The third-order valence-electron chi connectivity index (χ3n) is 5.99. The number of nitrogens with zero attached hydrogens (tertiary/aromatic N) is 1. The van der Waals surface area contributed by atoms with E-state index in [0.717, 1.165) is 15.7 Å². The molecule has 1 N–H and O–H groups in total. The number of carboxylic acid groups (broad SMARTS) is 1. The van der Waals surface area contributed by atoms with Crippen LogP contribution in [0.5, 0.6) is 0 Å². The van der Waals surface area contributed by atoms with Crippen molar-refractivity contribution in [3.8, 4) is 0 Å². The van der Waals surface area contributed by atoms with Gasteiger partial charge in [-0.2, -0.15) is 0 Å². The fourth-order valence-electron chi connectivity index (χ4n) is 4.31. The zero-order valence-corrected chi connectivity index (χ0v) is 21.6. The van der Waals surface area contributed by atoms with Crippen molar-refractivity contribution in [2.24, 2.45) is 11.3 Å². The van der Waals surface area contributed by atoms with E-state index in [0.29, 0.717) is 13.0 Å². The smallest absolute Gasteiger partial charge is 0.326 e. The second kappa shape index (κ2) is 9.98. The van der Waals surface area contributed by atoms with E-state index in [-0.39, 0.29) is 17.6 Å². The summed E-state index contributed by atoms with van der Waals surface area (Å²) in [5.74, 6) is -2.44. The van der Waals surface area contributed by atoms with E-state index in [9.17, 15) is 19.5 Å². The molecule has 0 spiro atoms. The lowest BCUT2D eigenvalue weighted by atomic mass is 9.77. The number of amides is 1. The molecule has 0 radical (unpaired) electrons. The van der Waals surface area contributed by atoms with Gasteiger partial charge in [-0.15, -0.1) is 11.8 Å². The summed E-state index contributed by atoms with van der Waals surface area (Å²) < 4.78 is 5.46. The maximum Gasteiger partial charge on any atom is 0.326 e. The number of aliphatic carboxylic acids is 1. The molecule has 0 bridgehead atoms. The van der Waals surface area contributed by atoms with Crippen molar-refractivity contribution in [1.82, 2.24) is 4.90 Å². The van der Waals surface area contributed by atoms with Gasteiger partial charge < -0.3 is 14.7 Å². The summed E-state index contributed by atoms with van der Waals surface area (Å²) in [6, 6.07) is 13.4. The normalized spacial score (nSPS) is 19.8. The molecule has 0 saturated carbocycles. The van der Waals surface area contributed by atoms with Crippen LogP contribution in [0.25, 0.3) is 10.8 Å². The molecule has 7 heteroatoms. The van der Waals surface area contributed by atoms with Crippen LogP contribution in [0.2, 0.25) is 0 Å². The molecule has 1 fully saturated rings. The number of thioether (sulfide) groups is 1. The highest BCUT2D eigenvalue weighted by molar-refractivity contribution is 8.00. The summed E-state index contributed by atoms with van der Waals surface area (Å²) in [4.78, 5) is 40.8. The third kappa shape index (κ3) is 6.53. The standard InChI is InChI=1S/C27H35NO5S/c1-26(2,3)21(15-23(29)33-27(4,5)6)24(30)28-16-20(14-22(28)25(31)32)34-19-12-11-17-9-7-8-10-18(17)13-19/h7-13,20-22H,14-16H2,1-6H3,(H,31,32)/t20-,21-,22+/m1/s1. The van der Waals surface area contributed by atoms with E-state index < -0.39 is 34.9 Å². The molecule has 0 unspecified atom stereocenters. The molecular weight excluding hydrogens is 450 g/mol. The number of carboxylic acids is 1. The fourth-order valence-corrected chi connectivity index (χ4v) is 5.55. The molecule has 1 aliphatic rings. The minimum atomic E-state index is -1.01. The minimum absolute atomic E-state index is 0.0478. The van der Waals surface area contributed by atoms with Gasteiger partial charge in [-0.05, 0) is 55.5 Å². The van der Waals surface area contributed by atoms with E-state index in [2.05, 4.69) is 24.3 Å². The predicted octanol–water partition coefficient (Wildman–Crippen LogP) is 5.38. The van der Waals surface area contributed by atoms with Crippen LogP contribution in [0.1, 0.15) is 54.4 Å². The molecule has 1 aliphatic heterocycles. The number of carbonyl (C=O) groups is 3. The Kier molecular flexibility index (Phi) is 7.65. The molecule has 6 nitrogen and oxygen atoms in total. The van der Waals surface area contributed by atoms with E-state index in [4.69, 9.17) is 4.74 Å². The first-order chi connectivity index (χ1) is 15.7. The van der Waals surface area contributed by atoms with Gasteiger partial charge in [-0.25, -0.2) is 4.79 Å². The van der Waals surface area contributed by atoms with Crippen LogP contribution < -0.4 is 0 Å². The number of rotatable bonds is 6. The average Bonchev–Trinajstić information content (AvgIpc) is 3.13. The van der Waals surface area contributed by atoms with Crippen molar-refractivity contribution in [3.05, 3.63) is 42.5 Å². The van der Waals surface area contributed by atoms with Crippen molar-refractivity contribution in [2.45, 2.75) is 76.2 Å². The van der Waals surface area contributed by atoms with Crippen LogP contribution >= 0.6 is 11.8 Å². The Morgan fingerprint density at radius 1 is 1.06 bits per heavy atom. The fraction of sp³-hybridized carbons (Fsp3) is 0.519. The number of carbonyl (C=O) groups excluding carboxylic acids is 2. The molecule has 1 amide bonds. The molecule has 3 atom stereocenters. The molecule has 1 heterocycles. The lowest BCUT2D eigenvalue weighted by Crippen LogP contribution is -2.47. The van der Waals surface area contributed by atoms with Gasteiger partial charge in [-0.3, -0.25) is 9.59 Å². The number of benzene rings is 2. The van der Waals surface area contributed by atoms with Gasteiger partial charge in [0.2, 0.25) is 5.91 Å². The summed E-state index contributed by atoms with van der Waals surface area (Å²) >= 11 is 1.60. The number of hydrogen-bond acceptors (Lipinski definition) is 5. The van der Waals surface area contributed by atoms with Gasteiger partial charge in [0.05, 0.1) is 12.3 Å². The Morgan fingerprint density at radius 2 is 1.71 bits per heavy atom. The van der Waals surface area contributed by atoms with Crippen molar-refractivity contribution < 1.29 is 24.2 Å². The van der Waals surface area contributed by atoms with Gasteiger partial charge in [0.15, 0.2) is 0 Å². The number of likely N-dealkylation sites (tertiary alicyclic amines) is 1. The Morgan fingerprint density at radius 3 is 2.29 bits per heavy atom. The van der Waals surface area contributed by atoms with Crippen molar-refractivity contribution in [1.29, 1.82) is 0 Å². The number of ether oxygens (including phenoxy) is 1. The molecule has 1 saturated heterocycles. The topological polar surface area (TPSA) is 83.9 Å². The lowest BCUT2D eigenvalue weighted by molar-refractivity contribution is -0.161. The Bertz CT molecular complexity index is 1070. The maximum atomic E-state index is 13.6. The zero-order chi connectivity index (χ0) is 25.3. The number of esters is 1. The third-order valence-corrected chi connectivity index (χ3v) is 7.19. The summed E-state index contributed by atoms with van der Waals surface area (Å²) in [7, 11) is 0. The second-order valence-electron chi connectivity index (χ2n) is 11.0. The summed E-state index contributed by atoms with van der Waals surface area (Å²) in [6.07, 6.45) is 0.285. The van der Waals surface area contributed by atoms with Gasteiger partial charge in [0.1, 0.15) is 11.6 Å². The SMILES string of the molecule is CC(C)(C)OC(=O)C[C@H](C(=O)N1C[C@H](Sc2ccc3ccccc3c2)C[C@H]1C(=O)O)C(C)(C)C. The number of fused-ring (bicyclic) bond motifs is 1. The van der Waals surface area contributed by atoms with Crippen LogP contribution in [-0.2, 0) is 19.1 Å². The van der Waals surface area contributed by atoms with Crippen molar-refractivity contribution in [3.63, 3.8) is 0 Å². The quantitative estimate of drug-likeness (QED) is 0.553. The van der Waals surface area contributed by atoms with Gasteiger partial charge in [0.25, 0.3) is 0 Å². The first-order valence-corrected chi connectivity index (χ1v) is 12.5. The number of hydrogen-bond donors (Lipinski definition) is 1. The van der Waals surface area contributed by atoms with E-state index in [1.54, 1.807) is 32.5 Å². The van der Waals surface area contributed by atoms with Crippen LogP contribution in [0.4, 0.5) is 0 Å². The van der Waals surface area contributed by atoms with Crippen LogP contribution in [-0.4, -0.2) is 51.3 Å². The molecular formula is C27H35NO5S. The Labute approximate surface area is 206 Å². The van der Waals surface area contributed by atoms with Crippen molar-refractivity contribution in [2.75, 3.05) is 6.54 Å². The summed E-state index contributed by atoms with van der Waals surface area (Å²) in [5, 5.41) is 12.1. The molecule has 0 aromatic heterocycles. The zero-order valence-electron chi connectivity index (χ0n) is 20.8. The molecule has 3 rings (SSSR count).